The first-order valence-electron chi connectivity index (χ1n) is 24.0. The summed E-state index contributed by atoms with van der Waals surface area (Å²) in [6, 6.07) is 13.7. The molecule has 1 aromatic carbocycles. The van der Waals surface area contributed by atoms with Crippen molar-refractivity contribution >= 4 is 53.0 Å². The SMILES string of the molecule is Cc1cccc(-c2nc(CN(C(=O)OCc3ccc(NC(=O)[C@H](CCCNC(N)=O)NC(=O)[C@@H](NC(=O)CCCCCN4C(=O)C=CC4=O)C(C)C)cc3)C3C4CC3C4)[nH]c2-c2ccc3ncnn3c2)n1. The molecule has 21 nitrogen and oxygen atoms in total. The van der Waals surface area contributed by atoms with E-state index in [9.17, 15) is 33.6 Å². The fourth-order valence-electron chi connectivity index (χ4n) is 9.11. The van der Waals surface area contributed by atoms with Crippen molar-refractivity contribution in [1.29, 1.82) is 0 Å². The number of carbonyl (C=O) groups excluding carboxylic acids is 7. The number of amides is 8. The second-order valence-electron chi connectivity index (χ2n) is 18.7. The minimum atomic E-state index is -1.04. The highest BCUT2D eigenvalue weighted by molar-refractivity contribution is 6.12. The number of imide groups is 1. The number of unbranched alkanes of at least 4 members (excludes halogenated alkanes) is 2. The number of aromatic amines is 1. The van der Waals surface area contributed by atoms with Crippen molar-refractivity contribution in [3.8, 4) is 22.6 Å². The number of nitrogens with zero attached hydrogens (tertiary/aromatic N) is 7. The van der Waals surface area contributed by atoms with Gasteiger partial charge in [0.1, 0.15) is 36.5 Å². The fraction of sp³-hybridized carbons (Fsp3) is 0.420. The molecule has 4 aromatic heterocycles. The number of aromatic nitrogens is 6. The van der Waals surface area contributed by atoms with Gasteiger partial charge in [0.15, 0.2) is 5.65 Å². The van der Waals surface area contributed by atoms with E-state index in [1.54, 1.807) is 47.5 Å². The Labute approximate surface area is 409 Å². The summed E-state index contributed by atoms with van der Waals surface area (Å²) in [6.07, 6.45) is 9.67. The van der Waals surface area contributed by atoms with E-state index in [0.29, 0.717) is 71.6 Å². The van der Waals surface area contributed by atoms with Gasteiger partial charge in [0.25, 0.3) is 11.8 Å². The summed E-state index contributed by atoms with van der Waals surface area (Å²) in [5.74, 6) is -1.08. The number of ether oxygens (including phenoxy) is 1. The van der Waals surface area contributed by atoms with Crippen molar-refractivity contribution < 1.29 is 38.3 Å². The number of benzene rings is 1. The quantitative estimate of drug-likeness (QED) is 0.0389. The van der Waals surface area contributed by atoms with Gasteiger partial charge in [-0.2, -0.15) is 5.10 Å². The molecule has 7 N–H and O–H groups in total. The molecule has 3 saturated carbocycles. The summed E-state index contributed by atoms with van der Waals surface area (Å²) in [4.78, 5) is 110. The summed E-state index contributed by atoms with van der Waals surface area (Å²) in [5.41, 5.74) is 10.8. The molecule has 0 unspecified atom stereocenters. The van der Waals surface area contributed by atoms with Gasteiger partial charge < -0.3 is 36.7 Å². The zero-order valence-corrected chi connectivity index (χ0v) is 39.9. The second-order valence-corrected chi connectivity index (χ2v) is 18.7. The third kappa shape index (κ3) is 12.1. The molecule has 2 atom stereocenters. The zero-order chi connectivity index (χ0) is 50.2. The number of hydrogen-bond acceptors (Lipinski definition) is 12. The van der Waals surface area contributed by atoms with Crippen LogP contribution in [0.15, 0.2) is 79.3 Å². The number of hydrogen-bond donors (Lipinski definition) is 6. The Morgan fingerprint density at radius 1 is 0.901 bits per heavy atom. The number of fused-ring (bicyclic) bond motifs is 1. The van der Waals surface area contributed by atoms with Crippen LogP contribution in [0.2, 0.25) is 0 Å². The Morgan fingerprint density at radius 2 is 1.66 bits per heavy atom. The molecule has 8 amide bonds. The van der Waals surface area contributed by atoms with Crippen LogP contribution in [0.4, 0.5) is 15.3 Å². The monoisotopic (exact) mass is 969 g/mol. The number of rotatable bonds is 23. The Morgan fingerprint density at radius 3 is 2.35 bits per heavy atom. The first-order valence-corrected chi connectivity index (χ1v) is 24.0. The number of aryl methyl sites for hydroxylation is 1. The smallest absolute Gasteiger partial charge is 0.410 e. The number of carbonyl (C=O) groups is 7. The molecule has 5 aromatic rings. The highest BCUT2D eigenvalue weighted by Crippen LogP contribution is 2.56. The van der Waals surface area contributed by atoms with Crippen LogP contribution in [-0.2, 0) is 41.9 Å². The van der Waals surface area contributed by atoms with Crippen LogP contribution < -0.4 is 27.0 Å². The Bertz CT molecular complexity index is 2790. The maximum Gasteiger partial charge on any atom is 0.410 e. The lowest BCUT2D eigenvalue weighted by molar-refractivity contribution is -0.137. The third-order valence-electron chi connectivity index (χ3n) is 13.2. The molecule has 21 heteroatoms. The van der Waals surface area contributed by atoms with Crippen LogP contribution >= 0.6 is 0 Å². The maximum absolute atomic E-state index is 14.0. The van der Waals surface area contributed by atoms with Crippen LogP contribution in [-0.4, -0.2) is 112 Å². The Hall–Kier alpha value is -7.97. The molecule has 71 heavy (non-hydrogen) atoms. The van der Waals surface area contributed by atoms with Crippen molar-refractivity contribution in [2.75, 3.05) is 18.4 Å². The Balaban J connectivity index is 0.873. The fourth-order valence-corrected chi connectivity index (χ4v) is 9.11. The van der Waals surface area contributed by atoms with Gasteiger partial charge in [-0.25, -0.2) is 24.1 Å². The van der Waals surface area contributed by atoms with E-state index < -0.39 is 36.0 Å². The zero-order valence-electron chi connectivity index (χ0n) is 39.9. The van der Waals surface area contributed by atoms with Crippen LogP contribution in [0.3, 0.4) is 0 Å². The van der Waals surface area contributed by atoms with E-state index in [1.807, 2.05) is 43.5 Å². The molecule has 9 rings (SSSR count). The number of primary amides is 1. The molecule has 372 valence electrons. The number of pyridine rings is 2. The number of anilines is 1. The molecule has 5 heterocycles. The number of nitrogens with two attached hydrogens (primary N) is 1. The van der Waals surface area contributed by atoms with Crippen LogP contribution in [0.1, 0.15) is 82.3 Å². The third-order valence-corrected chi connectivity index (χ3v) is 13.2. The van der Waals surface area contributed by atoms with E-state index in [0.717, 1.165) is 34.7 Å². The number of imidazole rings is 1. The summed E-state index contributed by atoms with van der Waals surface area (Å²) in [7, 11) is 0. The van der Waals surface area contributed by atoms with E-state index in [2.05, 4.69) is 36.3 Å². The van der Waals surface area contributed by atoms with Crippen LogP contribution in [0, 0.1) is 24.7 Å². The molecule has 3 aliphatic carbocycles. The van der Waals surface area contributed by atoms with E-state index >= 15 is 0 Å². The second kappa shape index (κ2) is 22.2. The molecular weight excluding hydrogens is 911 g/mol. The van der Waals surface area contributed by atoms with Crippen LogP contribution in [0.25, 0.3) is 28.3 Å². The van der Waals surface area contributed by atoms with Crippen molar-refractivity contribution in [3.05, 3.63) is 96.4 Å². The van der Waals surface area contributed by atoms with Crippen molar-refractivity contribution in [2.45, 2.75) is 103 Å². The average Bonchev–Trinajstić information content (AvgIpc) is 4.05. The largest absolute Gasteiger partial charge is 0.445 e. The van der Waals surface area contributed by atoms with Gasteiger partial charge in [0.2, 0.25) is 17.7 Å². The predicted octanol–water partition coefficient (Wildman–Crippen LogP) is 4.54. The van der Waals surface area contributed by atoms with Gasteiger partial charge >= 0.3 is 12.1 Å². The highest BCUT2D eigenvalue weighted by atomic mass is 16.6. The topological polar surface area (TPSA) is 281 Å². The summed E-state index contributed by atoms with van der Waals surface area (Å²) >= 11 is 0. The number of urea groups is 1. The normalized spacial score (nSPS) is 17.6. The molecule has 2 bridgehead atoms. The molecular formula is C50H59N13O8. The first-order chi connectivity index (χ1) is 34.2. The highest BCUT2D eigenvalue weighted by Gasteiger charge is 2.56. The first kappa shape index (κ1) is 49.5. The van der Waals surface area contributed by atoms with Gasteiger partial charge in [0.05, 0.1) is 17.9 Å². The predicted molar refractivity (Wildman–Crippen MR) is 259 cm³/mol. The van der Waals surface area contributed by atoms with E-state index in [-0.39, 0.29) is 68.8 Å². The lowest BCUT2D eigenvalue weighted by Gasteiger charge is -2.61. The number of H-pyrrole nitrogens is 1. The Kier molecular flexibility index (Phi) is 15.5. The minimum Gasteiger partial charge on any atom is -0.445 e. The molecule has 0 spiro atoms. The molecule has 4 aliphatic rings. The number of nitrogens with one attached hydrogen (secondary N) is 5. The summed E-state index contributed by atoms with van der Waals surface area (Å²) < 4.78 is 7.63. The van der Waals surface area contributed by atoms with Crippen molar-refractivity contribution in [3.63, 3.8) is 0 Å². The van der Waals surface area contributed by atoms with Gasteiger partial charge in [-0.3, -0.25) is 38.8 Å². The van der Waals surface area contributed by atoms with Gasteiger partial charge in [-0.1, -0.05) is 38.5 Å². The maximum atomic E-state index is 14.0. The van der Waals surface area contributed by atoms with Gasteiger partial charge in [-0.15, -0.1) is 0 Å². The molecule has 3 fully saturated rings. The van der Waals surface area contributed by atoms with Gasteiger partial charge in [0, 0.05) is 60.8 Å². The van der Waals surface area contributed by atoms with Gasteiger partial charge in [-0.05, 0) is 105 Å². The molecule has 0 radical (unpaired) electrons. The molecule has 1 aliphatic heterocycles. The van der Waals surface area contributed by atoms with E-state index in [1.165, 1.54) is 18.5 Å². The summed E-state index contributed by atoms with van der Waals surface area (Å²) in [6.45, 7) is 6.07. The van der Waals surface area contributed by atoms with Crippen LogP contribution in [0.5, 0.6) is 0 Å². The van der Waals surface area contributed by atoms with Crippen molar-refractivity contribution in [1.82, 2.24) is 55.3 Å². The lowest BCUT2D eigenvalue weighted by atomic mass is 9.51. The average molecular weight is 970 g/mol. The van der Waals surface area contributed by atoms with Crippen molar-refractivity contribution in [2.24, 2.45) is 23.5 Å². The lowest BCUT2D eigenvalue weighted by Crippen LogP contribution is -2.64. The summed E-state index contributed by atoms with van der Waals surface area (Å²) in [5, 5.41) is 15.2. The minimum absolute atomic E-state index is 0.0302. The standard InChI is InChI=1S/C50H59N13O8/c1-29(2)43(60-40(64)12-5-4-6-22-61-41(65)19-20-42(61)66)48(68)57-37(11-8-21-52-49(51)69)47(67)56-35-16-13-31(14-17-35)27-71-50(70)62(46-33-23-34(46)24-33)26-38-58-44(32-15-18-39-53-28-54-63(39)25-32)45(59-38)36-10-7-9-30(3)55-36/h7,9-10,13-20,25,28-29,33-34,37,43,46H,4-6,8,11-12,21-24,26-27H2,1-3H3,(H,56,67)(H,57,68)(H,58,59)(H,60,64)(H3,51,52,69)/t33?,34?,37-,43-,46?/m0/s1. The van der Waals surface area contributed by atoms with E-state index in [4.69, 9.17) is 20.4 Å². The molecule has 0 saturated heterocycles.